The first-order valence-corrected chi connectivity index (χ1v) is 5.42. The normalized spacial score (nSPS) is 26.6. The van der Waals surface area contributed by atoms with Crippen molar-refractivity contribution in [2.45, 2.75) is 51.4 Å². The topological polar surface area (TPSA) is 76.8 Å². The van der Waals surface area contributed by atoms with Gasteiger partial charge in [0.25, 0.3) is 0 Å². The fraction of sp³-hybridized carbons (Fsp3) is 0.800. The molecule has 0 bridgehead atoms. The van der Waals surface area contributed by atoms with Crippen molar-refractivity contribution < 1.29 is 0 Å². The van der Waals surface area contributed by atoms with Gasteiger partial charge in [-0.25, -0.2) is 0 Å². The Bertz CT molecular complexity index is 196. The van der Waals surface area contributed by atoms with Crippen molar-refractivity contribution in [3.8, 4) is 0 Å². The van der Waals surface area contributed by atoms with Gasteiger partial charge in [-0.05, 0) is 25.7 Å². The third-order valence-electron chi connectivity index (χ3n) is 2.72. The minimum Gasteiger partial charge on any atom is -0.323 e. The van der Waals surface area contributed by atoms with Crippen LogP contribution in [-0.4, -0.2) is 11.4 Å². The number of hydrogen-bond acceptors (Lipinski definition) is 4. The average molecular weight is 196 g/mol. The van der Waals surface area contributed by atoms with Gasteiger partial charge in [-0.3, -0.25) is 0 Å². The Kier molecular flexibility index (Phi) is 5.04. The Labute approximate surface area is 85.4 Å². The second kappa shape index (κ2) is 6.40. The number of hydrazone groups is 2. The van der Waals surface area contributed by atoms with Crippen molar-refractivity contribution in [3.63, 3.8) is 0 Å². The van der Waals surface area contributed by atoms with Gasteiger partial charge in [0, 0.05) is 0 Å². The van der Waals surface area contributed by atoms with Crippen molar-refractivity contribution in [3.05, 3.63) is 0 Å². The number of nitrogens with two attached hydrogens (primary N) is 2. The third-order valence-corrected chi connectivity index (χ3v) is 2.72. The molecular formula is C10H20N4. The van der Waals surface area contributed by atoms with Crippen LogP contribution in [0.4, 0.5) is 0 Å². The highest BCUT2D eigenvalue weighted by Gasteiger charge is 2.10. The molecule has 0 saturated heterocycles. The molecule has 1 saturated carbocycles. The van der Waals surface area contributed by atoms with E-state index < -0.39 is 0 Å². The van der Waals surface area contributed by atoms with E-state index in [1.807, 2.05) is 0 Å². The van der Waals surface area contributed by atoms with E-state index in [1.54, 1.807) is 0 Å². The summed E-state index contributed by atoms with van der Waals surface area (Å²) >= 11 is 0. The molecule has 0 amide bonds. The van der Waals surface area contributed by atoms with Crippen LogP contribution in [0.2, 0.25) is 0 Å². The molecule has 0 spiro atoms. The van der Waals surface area contributed by atoms with E-state index in [4.69, 9.17) is 11.7 Å². The number of rotatable bonds is 0. The van der Waals surface area contributed by atoms with Gasteiger partial charge in [0.05, 0.1) is 11.4 Å². The maximum Gasteiger partial charge on any atom is 0.0832 e. The van der Waals surface area contributed by atoms with Gasteiger partial charge in [0.1, 0.15) is 0 Å². The monoisotopic (exact) mass is 196 g/mol. The van der Waals surface area contributed by atoms with E-state index in [0.29, 0.717) is 0 Å². The number of hydrogen-bond donors (Lipinski definition) is 2. The van der Waals surface area contributed by atoms with E-state index in [2.05, 4.69) is 10.2 Å². The van der Waals surface area contributed by atoms with Crippen molar-refractivity contribution >= 4 is 11.4 Å². The van der Waals surface area contributed by atoms with Crippen LogP contribution in [0.5, 0.6) is 0 Å². The third kappa shape index (κ3) is 3.36. The highest BCUT2D eigenvalue weighted by atomic mass is 15.2. The van der Waals surface area contributed by atoms with Gasteiger partial charge in [0.15, 0.2) is 0 Å². The van der Waals surface area contributed by atoms with Gasteiger partial charge in [-0.1, -0.05) is 25.7 Å². The molecule has 0 atom stereocenters. The predicted molar refractivity (Wildman–Crippen MR) is 60.2 cm³/mol. The van der Waals surface area contributed by atoms with Crippen LogP contribution >= 0.6 is 0 Å². The summed E-state index contributed by atoms with van der Waals surface area (Å²) in [6.45, 7) is 0. The second-order valence-corrected chi connectivity index (χ2v) is 3.77. The molecule has 80 valence electrons. The predicted octanol–water partition coefficient (Wildman–Crippen LogP) is 1.75. The van der Waals surface area contributed by atoms with Crippen molar-refractivity contribution in [2.75, 3.05) is 0 Å². The number of nitrogens with zero attached hydrogens (tertiary/aromatic N) is 2. The molecular weight excluding hydrogens is 176 g/mol. The molecule has 1 aliphatic carbocycles. The fourth-order valence-electron chi connectivity index (χ4n) is 1.86. The lowest BCUT2D eigenvalue weighted by Gasteiger charge is -2.10. The molecule has 0 aromatic heterocycles. The Morgan fingerprint density at radius 2 is 1.00 bits per heavy atom. The summed E-state index contributed by atoms with van der Waals surface area (Å²) in [5, 5.41) is 7.56. The van der Waals surface area contributed by atoms with Gasteiger partial charge in [0.2, 0.25) is 0 Å². The lowest BCUT2D eigenvalue weighted by Crippen LogP contribution is -2.18. The minimum absolute atomic E-state index is 0.898. The van der Waals surface area contributed by atoms with Gasteiger partial charge < -0.3 is 11.7 Å². The summed E-state index contributed by atoms with van der Waals surface area (Å²) in [5.41, 5.74) is 1.80. The van der Waals surface area contributed by atoms with E-state index in [1.165, 1.54) is 25.7 Å². The highest BCUT2D eigenvalue weighted by molar-refractivity contribution is 6.42. The first kappa shape index (κ1) is 11.0. The Morgan fingerprint density at radius 3 is 1.36 bits per heavy atom. The van der Waals surface area contributed by atoms with Crippen LogP contribution in [0.25, 0.3) is 0 Å². The zero-order valence-electron chi connectivity index (χ0n) is 8.71. The van der Waals surface area contributed by atoms with Crippen LogP contribution in [0.1, 0.15) is 51.4 Å². The second-order valence-electron chi connectivity index (χ2n) is 3.77. The van der Waals surface area contributed by atoms with Crippen LogP contribution in [-0.2, 0) is 0 Å². The van der Waals surface area contributed by atoms with Gasteiger partial charge in [-0.2, -0.15) is 10.2 Å². The van der Waals surface area contributed by atoms with Crippen molar-refractivity contribution in [2.24, 2.45) is 21.9 Å². The Morgan fingerprint density at radius 1 is 0.643 bits per heavy atom. The Balaban J connectivity index is 2.59. The van der Waals surface area contributed by atoms with Gasteiger partial charge in [-0.15, -0.1) is 0 Å². The molecule has 1 aliphatic rings. The average Bonchev–Trinajstić information content (AvgIpc) is 2.24. The molecule has 4 nitrogen and oxygen atoms in total. The summed E-state index contributed by atoms with van der Waals surface area (Å²) in [5.74, 6) is 10.7. The summed E-state index contributed by atoms with van der Waals surface area (Å²) in [6, 6.07) is 0. The molecule has 1 rings (SSSR count). The smallest absolute Gasteiger partial charge is 0.0832 e. The SMILES string of the molecule is N/N=C1/CCCCCCCC/C1=N/N. The maximum atomic E-state index is 5.33. The van der Waals surface area contributed by atoms with Crippen LogP contribution in [0.15, 0.2) is 10.2 Å². The molecule has 4 N–H and O–H groups in total. The Hall–Kier alpha value is -1.06. The minimum atomic E-state index is 0.898. The van der Waals surface area contributed by atoms with E-state index in [0.717, 1.165) is 37.1 Å². The van der Waals surface area contributed by atoms with Crippen molar-refractivity contribution in [1.29, 1.82) is 0 Å². The van der Waals surface area contributed by atoms with Crippen LogP contribution in [0.3, 0.4) is 0 Å². The van der Waals surface area contributed by atoms with Crippen LogP contribution in [0, 0.1) is 0 Å². The highest BCUT2D eigenvalue weighted by Crippen LogP contribution is 2.13. The standard InChI is InChI=1S/C10H20N4/c11-13-9-7-5-3-1-2-4-6-8-10(9)14-12/h1-8,11-12H2/b13-9-,14-10-. The molecule has 4 heteroatoms. The molecule has 0 aliphatic heterocycles. The maximum absolute atomic E-state index is 5.33. The largest absolute Gasteiger partial charge is 0.323 e. The lowest BCUT2D eigenvalue weighted by atomic mass is 9.98. The van der Waals surface area contributed by atoms with E-state index in [9.17, 15) is 0 Å². The first-order valence-electron chi connectivity index (χ1n) is 5.42. The van der Waals surface area contributed by atoms with E-state index >= 15 is 0 Å². The summed E-state index contributed by atoms with van der Waals surface area (Å²) in [7, 11) is 0. The molecule has 0 heterocycles. The molecule has 1 fully saturated rings. The first-order chi connectivity index (χ1) is 6.88. The quantitative estimate of drug-likeness (QED) is 0.457. The fourth-order valence-corrected chi connectivity index (χ4v) is 1.86. The van der Waals surface area contributed by atoms with Crippen molar-refractivity contribution in [1.82, 2.24) is 0 Å². The summed E-state index contributed by atoms with van der Waals surface area (Å²) in [4.78, 5) is 0. The molecule has 14 heavy (non-hydrogen) atoms. The van der Waals surface area contributed by atoms with Gasteiger partial charge >= 0.3 is 0 Å². The van der Waals surface area contributed by atoms with Crippen LogP contribution < -0.4 is 11.7 Å². The summed E-state index contributed by atoms with van der Waals surface area (Å²) < 4.78 is 0. The molecule has 0 unspecified atom stereocenters. The zero-order chi connectivity index (χ0) is 10.2. The van der Waals surface area contributed by atoms with E-state index in [-0.39, 0.29) is 0 Å². The molecule has 0 aromatic rings. The summed E-state index contributed by atoms with van der Waals surface area (Å²) in [6.07, 6.45) is 9.32. The zero-order valence-corrected chi connectivity index (χ0v) is 8.71. The molecule has 0 radical (unpaired) electrons. The lowest BCUT2D eigenvalue weighted by molar-refractivity contribution is 0.603. The molecule has 0 aromatic carbocycles.